The zero-order chi connectivity index (χ0) is 6.27. The molecular weight excluding hydrogens is 144 g/mol. The molecule has 0 spiro atoms. The summed E-state index contributed by atoms with van der Waals surface area (Å²) in [6.45, 7) is 0. The Balaban J connectivity index is 2.01. The van der Waals surface area contributed by atoms with Crippen LogP contribution in [0, 0.1) is 11.8 Å². The number of thiol groups is 1. The van der Waals surface area contributed by atoms with Crippen molar-refractivity contribution < 1.29 is 0 Å². The van der Waals surface area contributed by atoms with Crippen molar-refractivity contribution in [3.05, 3.63) is 0 Å². The molecule has 0 aliphatic heterocycles. The Morgan fingerprint density at radius 2 is 2.11 bits per heavy atom. The van der Waals surface area contributed by atoms with Gasteiger partial charge in [-0.1, -0.05) is 12.8 Å². The molecule has 2 heteroatoms. The van der Waals surface area contributed by atoms with Crippen LogP contribution in [0.4, 0.5) is 0 Å². The Hall–Kier alpha value is 0.567. The zero-order valence-corrected chi connectivity index (χ0v) is 8.02. The van der Waals surface area contributed by atoms with E-state index in [0.717, 1.165) is 17.4 Å². The van der Waals surface area contributed by atoms with E-state index in [1.165, 1.54) is 0 Å². The lowest BCUT2D eigenvalue weighted by atomic mass is 10.0. The van der Waals surface area contributed by atoms with Crippen molar-refractivity contribution in [2.45, 2.75) is 31.2 Å². The summed E-state index contributed by atoms with van der Waals surface area (Å²) in [5, 5.41) is 0. The monoisotopic (exact) mass is 158 g/mol. The molecule has 0 N–H and O–H groups in total. The lowest BCUT2D eigenvalue weighted by Crippen LogP contribution is -2.07. The van der Waals surface area contributed by atoms with Crippen LogP contribution in [0.3, 0.4) is 0 Å². The first-order chi connectivity index (χ1) is 4.40. The lowest BCUT2D eigenvalue weighted by Gasteiger charge is -2.18. The highest BCUT2D eigenvalue weighted by molar-refractivity contribution is 8.07. The molecule has 0 aromatic heterocycles. The van der Waals surface area contributed by atoms with Gasteiger partial charge in [0.25, 0.3) is 0 Å². The zero-order valence-electron chi connectivity index (χ0n) is 5.71. The Labute approximate surface area is 64.3 Å². The summed E-state index contributed by atoms with van der Waals surface area (Å²) in [6.07, 6.45) is 6.21. The quantitative estimate of drug-likeness (QED) is 0.435. The van der Waals surface area contributed by atoms with Crippen molar-refractivity contribution in [3.63, 3.8) is 0 Å². The molecule has 0 aromatic rings. The van der Waals surface area contributed by atoms with E-state index in [0.29, 0.717) is 0 Å². The summed E-state index contributed by atoms with van der Waals surface area (Å²) >= 11 is 4.49. The molecule has 0 aromatic carbocycles. The standard InChI is InChI=1S/C7H14SSi/c8-9-7-4-5-1-2-6(7)3-5/h5-8H,1-4,9H2. The maximum Gasteiger partial charge on any atom is 0.0846 e. The predicted octanol–water partition coefficient (Wildman–Crippen LogP) is 1.61. The van der Waals surface area contributed by atoms with Gasteiger partial charge in [-0.25, -0.2) is 12.1 Å². The molecule has 0 nitrogen and oxygen atoms in total. The normalized spacial score (nSPS) is 49.7. The molecule has 3 atom stereocenters. The van der Waals surface area contributed by atoms with Crippen molar-refractivity contribution in [2.24, 2.45) is 11.8 Å². The summed E-state index contributed by atoms with van der Waals surface area (Å²) in [5.74, 6) is 2.28. The highest BCUT2D eigenvalue weighted by Crippen LogP contribution is 2.51. The molecule has 2 fully saturated rings. The van der Waals surface area contributed by atoms with E-state index in [1.807, 2.05) is 0 Å². The van der Waals surface area contributed by atoms with Crippen molar-refractivity contribution in [2.75, 3.05) is 0 Å². The van der Waals surface area contributed by atoms with Gasteiger partial charge in [-0.2, -0.15) is 0 Å². The Kier molecular flexibility index (Phi) is 1.62. The summed E-state index contributed by atoms with van der Waals surface area (Å²) in [6, 6.07) is 0. The van der Waals surface area contributed by atoms with E-state index in [1.54, 1.807) is 25.7 Å². The third-order valence-corrected chi connectivity index (χ3v) is 6.00. The van der Waals surface area contributed by atoms with Gasteiger partial charge >= 0.3 is 0 Å². The van der Waals surface area contributed by atoms with Crippen LogP contribution in [-0.2, 0) is 0 Å². The van der Waals surface area contributed by atoms with Crippen LogP contribution >= 0.6 is 12.1 Å². The second-order valence-corrected chi connectivity index (χ2v) is 6.13. The fraction of sp³-hybridized carbons (Fsp3) is 1.00. The van der Waals surface area contributed by atoms with Crippen LogP contribution in [0.2, 0.25) is 5.54 Å². The summed E-state index contributed by atoms with van der Waals surface area (Å²) < 4.78 is 0. The SMILES string of the molecule is S[SiH2]C1CC2CCC1C2. The Bertz CT molecular complexity index is 115. The average Bonchev–Trinajstić information content (AvgIpc) is 2.45. The topological polar surface area (TPSA) is 0 Å². The van der Waals surface area contributed by atoms with Gasteiger partial charge in [0, 0.05) is 0 Å². The van der Waals surface area contributed by atoms with Crippen LogP contribution in [0.1, 0.15) is 25.7 Å². The first-order valence-electron chi connectivity index (χ1n) is 4.01. The van der Waals surface area contributed by atoms with Crippen LogP contribution in [0.15, 0.2) is 0 Å². The molecule has 2 rings (SSSR count). The largest absolute Gasteiger partial charge is 0.210 e. The van der Waals surface area contributed by atoms with Crippen LogP contribution in [0.5, 0.6) is 0 Å². The third kappa shape index (κ3) is 0.965. The van der Waals surface area contributed by atoms with Crippen LogP contribution < -0.4 is 0 Å². The van der Waals surface area contributed by atoms with Gasteiger partial charge in [0.05, 0.1) is 8.67 Å². The highest BCUT2D eigenvalue weighted by atomic mass is 32.3. The first kappa shape index (κ1) is 6.29. The number of rotatable bonds is 1. The predicted molar refractivity (Wildman–Crippen MR) is 46.7 cm³/mol. The number of fused-ring (bicyclic) bond motifs is 2. The van der Waals surface area contributed by atoms with E-state index in [2.05, 4.69) is 12.1 Å². The molecule has 0 amide bonds. The second-order valence-electron chi connectivity index (χ2n) is 3.62. The molecule has 2 aliphatic carbocycles. The minimum absolute atomic E-state index is 0.0569. The van der Waals surface area contributed by atoms with Crippen molar-refractivity contribution in [3.8, 4) is 0 Å². The van der Waals surface area contributed by atoms with Crippen LogP contribution in [0.25, 0.3) is 0 Å². The fourth-order valence-electron chi connectivity index (χ4n) is 2.60. The van der Waals surface area contributed by atoms with Crippen molar-refractivity contribution in [1.82, 2.24) is 0 Å². The molecule has 9 heavy (non-hydrogen) atoms. The Morgan fingerprint density at radius 1 is 1.22 bits per heavy atom. The molecule has 0 radical (unpaired) electrons. The lowest BCUT2D eigenvalue weighted by molar-refractivity contribution is 0.480. The first-order valence-corrected chi connectivity index (χ1v) is 7.35. The van der Waals surface area contributed by atoms with E-state index < -0.39 is 0 Å². The summed E-state index contributed by atoms with van der Waals surface area (Å²) in [7, 11) is 0.0569. The van der Waals surface area contributed by atoms with Gasteiger partial charge < -0.3 is 0 Å². The maximum absolute atomic E-state index is 4.49. The van der Waals surface area contributed by atoms with Crippen LogP contribution in [-0.4, -0.2) is 8.67 Å². The van der Waals surface area contributed by atoms with Gasteiger partial charge in [-0.15, -0.1) is 0 Å². The number of hydrogen-bond acceptors (Lipinski definition) is 1. The van der Waals surface area contributed by atoms with Gasteiger partial charge in [0.15, 0.2) is 0 Å². The minimum Gasteiger partial charge on any atom is -0.210 e. The molecule has 2 bridgehead atoms. The van der Waals surface area contributed by atoms with Gasteiger partial charge in [-0.3, -0.25) is 0 Å². The molecular formula is C7H14SSi. The molecule has 2 aliphatic rings. The molecule has 2 saturated carbocycles. The molecule has 52 valence electrons. The van der Waals surface area contributed by atoms with E-state index in [4.69, 9.17) is 0 Å². The molecule has 0 saturated heterocycles. The van der Waals surface area contributed by atoms with Gasteiger partial charge in [0.1, 0.15) is 0 Å². The Morgan fingerprint density at radius 3 is 2.44 bits per heavy atom. The molecule has 3 unspecified atom stereocenters. The fourth-order valence-corrected chi connectivity index (χ4v) is 5.29. The minimum atomic E-state index is 0.0569. The average molecular weight is 158 g/mol. The van der Waals surface area contributed by atoms with Crippen molar-refractivity contribution >= 4 is 20.7 Å². The smallest absolute Gasteiger partial charge is 0.0846 e. The third-order valence-electron chi connectivity index (χ3n) is 3.12. The molecule has 0 heterocycles. The second kappa shape index (κ2) is 2.31. The highest BCUT2D eigenvalue weighted by Gasteiger charge is 2.38. The van der Waals surface area contributed by atoms with Gasteiger partial charge in [0.2, 0.25) is 0 Å². The van der Waals surface area contributed by atoms with Gasteiger partial charge in [-0.05, 0) is 30.2 Å². The number of hydrogen-bond donors (Lipinski definition) is 1. The summed E-state index contributed by atoms with van der Waals surface area (Å²) in [4.78, 5) is 0. The summed E-state index contributed by atoms with van der Waals surface area (Å²) in [5.41, 5.74) is 1.13. The van der Waals surface area contributed by atoms with Crippen molar-refractivity contribution in [1.29, 1.82) is 0 Å². The maximum atomic E-state index is 4.49. The van der Waals surface area contributed by atoms with E-state index >= 15 is 0 Å². The van der Waals surface area contributed by atoms with E-state index in [-0.39, 0.29) is 8.67 Å². The van der Waals surface area contributed by atoms with E-state index in [9.17, 15) is 0 Å².